The first-order valence-electron chi connectivity index (χ1n) is 9.09. The fourth-order valence-electron chi connectivity index (χ4n) is 4.20. The zero-order valence-corrected chi connectivity index (χ0v) is 15.4. The van der Waals surface area contributed by atoms with E-state index in [4.69, 9.17) is 5.73 Å². The number of carbonyl (C=O) groups excluding carboxylic acids is 1. The lowest BCUT2D eigenvalue weighted by molar-refractivity contribution is -0.510. The maximum Gasteiger partial charge on any atom is 0.247 e. The van der Waals surface area contributed by atoms with Crippen molar-refractivity contribution in [2.75, 3.05) is 0 Å². The van der Waals surface area contributed by atoms with Gasteiger partial charge in [0.2, 0.25) is 11.9 Å². The second-order valence-corrected chi connectivity index (χ2v) is 7.13. The molecular formula is C23H17N3O3. The quantitative estimate of drug-likeness (QED) is 0.547. The van der Waals surface area contributed by atoms with E-state index in [9.17, 15) is 20.2 Å². The van der Waals surface area contributed by atoms with Crippen molar-refractivity contribution < 1.29 is 9.72 Å². The number of benzene rings is 3. The normalized spacial score (nSPS) is 23.3. The molecule has 0 saturated carbocycles. The number of nitriles is 1. The summed E-state index contributed by atoms with van der Waals surface area (Å²) in [5, 5.41) is 24.0. The fraction of sp³-hybridized carbons (Fsp3) is 0.130. The number of hydrogen-bond donors (Lipinski definition) is 1. The van der Waals surface area contributed by atoms with E-state index in [1.165, 1.54) is 6.08 Å². The number of primary amides is 1. The lowest BCUT2D eigenvalue weighted by Crippen LogP contribution is -2.42. The molecule has 142 valence electrons. The number of nitrogens with two attached hydrogens (primary N) is 1. The second kappa shape index (κ2) is 6.88. The third-order valence-corrected chi connectivity index (χ3v) is 5.57. The lowest BCUT2D eigenvalue weighted by atomic mass is 9.73. The van der Waals surface area contributed by atoms with Crippen LogP contribution in [0.4, 0.5) is 0 Å². The zero-order valence-electron chi connectivity index (χ0n) is 15.4. The summed E-state index contributed by atoms with van der Waals surface area (Å²) in [5.74, 6) is -1.92. The van der Waals surface area contributed by atoms with Crippen LogP contribution in [0.3, 0.4) is 0 Å². The van der Waals surface area contributed by atoms with Gasteiger partial charge >= 0.3 is 0 Å². The molecule has 1 aliphatic rings. The number of fused-ring (bicyclic) bond motifs is 1. The lowest BCUT2D eigenvalue weighted by Gasteiger charge is -2.26. The Morgan fingerprint density at radius 1 is 1.03 bits per heavy atom. The molecule has 6 nitrogen and oxygen atoms in total. The Bertz CT molecular complexity index is 1200. The molecule has 1 amide bonds. The Labute approximate surface area is 167 Å². The van der Waals surface area contributed by atoms with Crippen LogP contribution in [0.1, 0.15) is 17.0 Å². The highest BCUT2D eigenvalue weighted by Crippen LogP contribution is 2.52. The van der Waals surface area contributed by atoms with Crippen LogP contribution in [0, 0.1) is 26.9 Å². The smallest absolute Gasteiger partial charge is 0.247 e. The summed E-state index contributed by atoms with van der Waals surface area (Å²) < 4.78 is 0. The monoisotopic (exact) mass is 383 g/mol. The van der Waals surface area contributed by atoms with Crippen molar-refractivity contribution in [3.05, 3.63) is 100 Å². The van der Waals surface area contributed by atoms with Crippen molar-refractivity contribution in [1.29, 1.82) is 5.26 Å². The predicted molar refractivity (Wildman–Crippen MR) is 109 cm³/mol. The van der Waals surface area contributed by atoms with Crippen LogP contribution >= 0.6 is 0 Å². The summed E-state index contributed by atoms with van der Waals surface area (Å²) in [6.45, 7) is 0. The first kappa shape index (κ1) is 18.4. The Balaban J connectivity index is 1.97. The highest BCUT2D eigenvalue weighted by Gasteiger charge is 2.59. The molecule has 0 aliphatic heterocycles. The highest BCUT2D eigenvalue weighted by molar-refractivity contribution is 5.94. The second-order valence-electron chi connectivity index (χ2n) is 7.13. The van der Waals surface area contributed by atoms with Crippen molar-refractivity contribution in [2.24, 2.45) is 11.1 Å². The maximum atomic E-state index is 12.5. The van der Waals surface area contributed by atoms with Gasteiger partial charge in [0, 0.05) is 10.5 Å². The Hall–Kier alpha value is -3.98. The molecule has 0 aromatic heterocycles. The van der Waals surface area contributed by atoms with Crippen molar-refractivity contribution >= 4 is 22.3 Å². The minimum atomic E-state index is -1.81. The Kier molecular flexibility index (Phi) is 4.36. The average Bonchev–Trinajstić information content (AvgIpc) is 3.11. The molecule has 3 unspecified atom stereocenters. The van der Waals surface area contributed by atoms with E-state index in [0.717, 1.165) is 10.8 Å². The summed E-state index contributed by atoms with van der Waals surface area (Å²) >= 11 is 0. The van der Waals surface area contributed by atoms with Gasteiger partial charge in [-0.05, 0) is 28.0 Å². The number of hydrogen-bond acceptors (Lipinski definition) is 4. The van der Waals surface area contributed by atoms with Gasteiger partial charge in [-0.2, -0.15) is 5.26 Å². The summed E-state index contributed by atoms with van der Waals surface area (Å²) in [6.07, 6.45) is 1.39. The minimum Gasteiger partial charge on any atom is -0.368 e. The molecular weight excluding hydrogens is 366 g/mol. The third kappa shape index (κ3) is 2.84. The maximum absolute atomic E-state index is 12.5. The molecule has 3 aromatic rings. The van der Waals surface area contributed by atoms with Crippen LogP contribution in [0.25, 0.3) is 16.3 Å². The predicted octanol–water partition coefficient (Wildman–Crippen LogP) is 3.66. The third-order valence-electron chi connectivity index (χ3n) is 5.57. The van der Waals surface area contributed by atoms with Gasteiger partial charge in [-0.15, -0.1) is 0 Å². The van der Waals surface area contributed by atoms with Gasteiger partial charge in [-0.3, -0.25) is 14.9 Å². The van der Waals surface area contributed by atoms with E-state index in [1.807, 2.05) is 36.4 Å². The number of nitrogens with zero attached hydrogens (tertiary/aromatic N) is 2. The Morgan fingerprint density at radius 3 is 2.31 bits per heavy atom. The summed E-state index contributed by atoms with van der Waals surface area (Å²) in [5.41, 5.74) is 5.30. The van der Waals surface area contributed by atoms with Gasteiger partial charge in [-0.1, -0.05) is 72.8 Å². The van der Waals surface area contributed by atoms with Gasteiger partial charge < -0.3 is 5.73 Å². The van der Waals surface area contributed by atoms with Crippen LogP contribution in [0.15, 0.2) is 78.9 Å². The van der Waals surface area contributed by atoms with Crippen LogP contribution in [0.5, 0.6) is 0 Å². The van der Waals surface area contributed by atoms with E-state index < -0.39 is 28.2 Å². The molecule has 0 fully saturated rings. The van der Waals surface area contributed by atoms with Crippen LogP contribution in [0.2, 0.25) is 0 Å². The van der Waals surface area contributed by atoms with E-state index >= 15 is 0 Å². The van der Waals surface area contributed by atoms with Crippen molar-refractivity contribution in [2.45, 2.75) is 12.0 Å². The number of carbonyl (C=O) groups is 1. The summed E-state index contributed by atoms with van der Waals surface area (Å²) in [7, 11) is 0. The largest absolute Gasteiger partial charge is 0.368 e. The number of rotatable bonds is 4. The molecule has 4 rings (SSSR count). The summed E-state index contributed by atoms with van der Waals surface area (Å²) in [4.78, 5) is 24.2. The molecule has 2 N–H and O–H groups in total. The van der Waals surface area contributed by atoms with Gasteiger partial charge in [0.25, 0.3) is 0 Å². The Morgan fingerprint density at radius 2 is 1.69 bits per heavy atom. The highest BCUT2D eigenvalue weighted by atomic mass is 16.6. The van der Waals surface area contributed by atoms with Crippen LogP contribution < -0.4 is 5.73 Å². The van der Waals surface area contributed by atoms with Gasteiger partial charge in [-0.25, -0.2) is 0 Å². The van der Waals surface area contributed by atoms with Crippen LogP contribution in [-0.2, 0) is 4.79 Å². The van der Waals surface area contributed by atoms with E-state index in [2.05, 4.69) is 0 Å². The molecule has 6 heteroatoms. The van der Waals surface area contributed by atoms with Crippen molar-refractivity contribution in [3.8, 4) is 6.07 Å². The van der Waals surface area contributed by atoms with Gasteiger partial charge in [0.1, 0.15) is 0 Å². The molecule has 1 aliphatic carbocycles. The van der Waals surface area contributed by atoms with E-state index in [1.54, 1.807) is 42.5 Å². The fourth-order valence-corrected chi connectivity index (χ4v) is 4.20. The number of nitro groups is 1. The molecule has 3 atom stereocenters. The van der Waals surface area contributed by atoms with Crippen molar-refractivity contribution in [1.82, 2.24) is 0 Å². The molecule has 0 heterocycles. The zero-order chi connectivity index (χ0) is 20.6. The van der Waals surface area contributed by atoms with E-state index in [0.29, 0.717) is 16.7 Å². The average molecular weight is 383 g/mol. The van der Waals surface area contributed by atoms with Gasteiger partial charge in [0.15, 0.2) is 5.41 Å². The SMILES string of the molecule is N#CC1(C(N)=O)C=C(c2ccccc2)C([N+](=O)[O-])C1c1ccc2ccccc2c1. The molecule has 0 radical (unpaired) electrons. The van der Waals surface area contributed by atoms with Gasteiger partial charge in [0.05, 0.1) is 12.0 Å². The molecule has 0 spiro atoms. The summed E-state index contributed by atoms with van der Waals surface area (Å²) in [6, 6.07) is 22.5. The van der Waals surface area contributed by atoms with Crippen LogP contribution in [-0.4, -0.2) is 16.9 Å². The molecule has 29 heavy (non-hydrogen) atoms. The molecule has 0 saturated heterocycles. The minimum absolute atomic E-state index is 0.328. The number of amides is 1. The van der Waals surface area contributed by atoms with Crippen molar-refractivity contribution in [3.63, 3.8) is 0 Å². The van der Waals surface area contributed by atoms with E-state index in [-0.39, 0.29) is 0 Å². The molecule has 0 bridgehead atoms. The topological polar surface area (TPSA) is 110 Å². The first-order valence-corrected chi connectivity index (χ1v) is 9.09. The standard InChI is InChI=1S/C23H17N3O3/c24-14-23(22(25)27)13-19(16-7-2-1-3-8-16)21(26(28)29)20(23)18-11-10-15-6-4-5-9-17(15)12-18/h1-13,20-21H,(H2,25,27). The molecule has 3 aromatic carbocycles. The first-order chi connectivity index (χ1) is 14.0.